The minimum atomic E-state index is -0.560. The number of ether oxygens (including phenoxy) is 2. The molecule has 0 bridgehead atoms. The van der Waals surface area contributed by atoms with Gasteiger partial charge in [-0.2, -0.15) is 0 Å². The van der Waals surface area contributed by atoms with Gasteiger partial charge in [0, 0.05) is 6.07 Å². The zero-order valence-electron chi connectivity index (χ0n) is 15.3. The number of halogens is 2. The van der Waals surface area contributed by atoms with E-state index in [4.69, 9.17) is 21.1 Å². The highest BCUT2D eigenvalue weighted by Gasteiger charge is 2.33. The number of hydrogen-bond donors (Lipinski definition) is 1. The van der Waals surface area contributed by atoms with E-state index in [1.165, 1.54) is 37.5 Å². The number of imide groups is 1. The van der Waals surface area contributed by atoms with Gasteiger partial charge in [-0.25, -0.2) is 9.18 Å². The lowest BCUT2D eigenvalue weighted by Gasteiger charge is -2.12. The van der Waals surface area contributed by atoms with Crippen LogP contribution < -0.4 is 14.8 Å². The van der Waals surface area contributed by atoms with E-state index in [0.29, 0.717) is 34.3 Å². The Morgan fingerprint density at radius 1 is 1.18 bits per heavy atom. The lowest BCUT2D eigenvalue weighted by Crippen LogP contribution is -2.30. The average molecular weight is 405 g/mol. The van der Waals surface area contributed by atoms with E-state index in [9.17, 15) is 14.0 Å². The van der Waals surface area contributed by atoms with Crippen molar-refractivity contribution >= 4 is 29.6 Å². The highest BCUT2D eigenvalue weighted by atomic mass is 35.5. The Kier molecular flexibility index (Phi) is 5.84. The Morgan fingerprint density at radius 2 is 1.89 bits per heavy atom. The zero-order valence-corrected chi connectivity index (χ0v) is 16.0. The first kappa shape index (κ1) is 19.7. The lowest BCUT2D eigenvalue weighted by molar-refractivity contribution is -0.123. The van der Waals surface area contributed by atoms with Gasteiger partial charge in [0.15, 0.2) is 11.5 Å². The standard InChI is InChI=1S/C20H18ClFN2O4/c1-3-28-18-9-13(15(21)10-17(18)27-2)8-16-19(25)24(20(26)23-16)11-12-4-6-14(22)7-5-12/h4-10H,3,11H2,1-2H3,(H,23,26)/b16-8+. The molecule has 0 aromatic heterocycles. The maximum atomic E-state index is 13.0. The molecule has 2 aromatic rings. The average Bonchev–Trinajstić information content (AvgIpc) is 2.93. The van der Waals surface area contributed by atoms with E-state index < -0.39 is 11.9 Å². The van der Waals surface area contributed by atoms with Crippen LogP contribution in [0.25, 0.3) is 6.08 Å². The van der Waals surface area contributed by atoms with Crippen molar-refractivity contribution in [1.82, 2.24) is 10.2 Å². The second-order valence-electron chi connectivity index (χ2n) is 5.96. The molecule has 1 aliphatic rings. The van der Waals surface area contributed by atoms with Crippen molar-refractivity contribution in [3.05, 3.63) is 64.1 Å². The number of nitrogens with zero attached hydrogens (tertiary/aromatic N) is 1. The van der Waals surface area contributed by atoms with Gasteiger partial charge in [0.2, 0.25) is 0 Å². The van der Waals surface area contributed by atoms with E-state index in [1.54, 1.807) is 12.1 Å². The number of benzene rings is 2. The molecule has 1 heterocycles. The molecule has 146 valence electrons. The van der Waals surface area contributed by atoms with Crippen molar-refractivity contribution in [2.24, 2.45) is 0 Å². The molecular formula is C20H18ClFN2O4. The number of methoxy groups -OCH3 is 1. The van der Waals surface area contributed by atoms with Crippen LogP contribution in [-0.2, 0) is 11.3 Å². The number of amides is 3. The predicted octanol–water partition coefficient (Wildman–Crippen LogP) is 3.98. The Labute approximate surface area is 166 Å². The highest BCUT2D eigenvalue weighted by molar-refractivity contribution is 6.32. The van der Waals surface area contributed by atoms with Gasteiger partial charge in [-0.05, 0) is 42.3 Å². The molecule has 6 nitrogen and oxygen atoms in total. The van der Waals surface area contributed by atoms with Crippen molar-refractivity contribution in [2.45, 2.75) is 13.5 Å². The smallest absolute Gasteiger partial charge is 0.329 e. The molecule has 8 heteroatoms. The van der Waals surface area contributed by atoms with E-state index in [0.717, 1.165) is 4.90 Å². The van der Waals surface area contributed by atoms with E-state index >= 15 is 0 Å². The van der Waals surface area contributed by atoms with Crippen LogP contribution in [-0.4, -0.2) is 30.6 Å². The quantitative estimate of drug-likeness (QED) is 0.584. The first-order valence-corrected chi connectivity index (χ1v) is 8.90. The molecule has 0 spiro atoms. The zero-order chi connectivity index (χ0) is 20.3. The number of rotatable bonds is 6. The Bertz CT molecular complexity index is 944. The predicted molar refractivity (Wildman–Crippen MR) is 103 cm³/mol. The molecule has 28 heavy (non-hydrogen) atoms. The third kappa shape index (κ3) is 4.09. The Balaban J connectivity index is 1.87. The number of hydrogen-bond acceptors (Lipinski definition) is 4. The fourth-order valence-corrected chi connectivity index (χ4v) is 2.94. The van der Waals surface area contributed by atoms with Gasteiger partial charge in [0.25, 0.3) is 5.91 Å². The second-order valence-corrected chi connectivity index (χ2v) is 6.37. The van der Waals surface area contributed by atoms with Crippen molar-refractivity contribution in [2.75, 3.05) is 13.7 Å². The third-order valence-corrected chi connectivity index (χ3v) is 4.43. The molecule has 0 saturated carbocycles. The maximum Gasteiger partial charge on any atom is 0.329 e. The number of nitrogens with one attached hydrogen (secondary N) is 1. The summed E-state index contributed by atoms with van der Waals surface area (Å²) in [5.41, 5.74) is 1.21. The highest BCUT2D eigenvalue weighted by Crippen LogP contribution is 2.34. The molecule has 1 fully saturated rings. The first-order chi connectivity index (χ1) is 13.4. The lowest BCUT2D eigenvalue weighted by atomic mass is 10.1. The van der Waals surface area contributed by atoms with Crippen molar-refractivity contribution in [1.29, 1.82) is 0 Å². The normalized spacial score (nSPS) is 15.1. The summed E-state index contributed by atoms with van der Waals surface area (Å²) in [6.07, 6.45) is 1.48. The Morgan fingerprint density at radius 3 is 2.54 bits per heavy atom. The summed E-state index contributed by atoms with van der Waals surface area (Å²) in [6.45, 7) is 2.29. The number of carbonyl (C=O) groups excluding carboxylic acids is 2. The maximum absolute atomic E-state index is 13.0. The van der Waals surface area contributed by atoms with Gasteiger partial charge in [-0.3, -0.25) is 9.69 Å². The number of carbonyl (C=O) groups is 2. The largest absolute Gasteiger partial charge is 0.493 e. The molecule has 3 rings (SSSR count). The van der Waals surface area contributed by atoms with Crippen molar-refractivity contribution in [3.8, 4) is 11.5 Å². The fourth-order valence-electron chi connectivity index (χ4n) is 2.73. The van der Waals surface area contributed by atoms with Crippen LogP contribution in [0.1, 0.15) is 18.1 Å². The molecule has 1 N–H and O–H groups in total. The van der Waals surface area contributed by atoms with E-state index in [-0.39, 0.29) is 18.1 Å². The van der Waals surface area contributed by atoms with Gasteiger partial charge >= 0.3 is 6.03 Å². The minimum absolute atomic E-state index is 0.0306. The van der Waals surface area contributed by atoms with Crippen LogP contribution in [0.3, 0.4) is 0 Å². The van der Waals surface area contributed by atoms with E-state index in [1.807, 2.05) is 6.92 Å². The van der Waals surface area contributed by atoms with Crippen LogP contribution in [0.5, 0.6) is 11.5 Å². The van der Waals surface area contributed by atoms with Crippen LogP contribution in [0, 0.1) is 5.82 Å². The van der Waals surface area contributed by atoms with Gasteiger partial charge in [0.05, 0.1) is 25.3 Å². The van der Waals surface area contributed by atoms with Gasteiger partial charge in [-0.1, -0.05) is 23.7 Å². The summed E-state index contributed by atoms with van der Waals surface area (Å²) in [5.74, 6) is 0.0508. The summed E-state index contributed by atoms with van der Waals surface area (Å²) in [6, 6.07) is 8.25. The third-order valence-electron chi connectivity index (χ3n) is 4.10. The van der Waals surface area contributed by atoms with Gasteiger partial charge in [-0.15, -0.1) is 0 Å². The van der Waals surface area contributed by atoms with E-state index in [2.05, 4.69) is 5.32 Å². The SMILES string of the molecule is CCOc1cc(/C=C2/NC(=O)N(Cc3ccc(F)cc3)C2=O)c(Cl)cc1OC. The summed E-state index contributed by atoms with van der Waals surface area (Å²) >= 11 is 6.27. The monoisotopic (exact) mass is 404 g/mol. The topological polar surface area (TPSA) is 67.9 Å². The van der Waals surface area contributed by atoms with Gasteiger partial charge < -0.3 is 14.8 Å². The van der Waals surface area contributed by atoms with Gasteiger partial charge in [0.1, 0.15) is 11.5 Å². The molecule has 0 atom stereocenters. The molecular weight excluding hydrogens is 387 g/mol. The molecule has 1 saturated heterocycles. The summed E-state index contributed by atoms with van der Waals surface area (Å²) in [7, 11) is 1.50. The Hall–Kier alpha value is -3.06. The van der Waals surface area contributed by atoms with Crippen LogP contribution in [0.2, 0.25) is 5.02 Å². The second kappa shape index (κ2) is 8.31. The molecule has 0 aliphatic carbocycles. The fraction of sp³-hybridized carbons (Fsp3) is 0.200. The molecule has 0 radical (unpaired) electrons. The number of urea groups is 1. The summed E-state index contributed by atoms with van der Waals surface area (Å²) in [4.78, 5) is 25.9. The van der Waals surface area contributed by atoms with Crippen molar-refractivity contribution < 1.29 is 23.5 Å². The molecule has 1 aliphatic heterocycles. The molecule has 3 amide bonds. The first-order valence-electron chi connectivity index (χ1n) is 8.52. The molecule has 2 aromatic carbocycles. The minimum Gasteiger partial charge on any atom is -0.493 e. The molecule has 0 unspecified atom stereocenters. The van der Waals surface area contributed by atoms with Crippen molar-refractivity contribution in [3.63, 3.8) is 0 Å². The van der Waals surface area contributed by atoms with Crippen LogP contribution in [0.4, 0.5) is 9.18 Å². The summed E-state index contributed by atoms with van der Waals surface area (Å²) < 4.78 is 23.8. The van der Waals surface area contributed by atoms with Crippen LogP contribution >= 0.6 is 11.6 Å². The summed E-state index contributed by atoms with van der Waals surface area (Å²) in [5, 5.41) is 2.87. The van der Waals surface area contributed by atoms with Crippen LogP contribution in [0.15, 0.2) is 42.1 Å².